The summed E-state index contributed by atoms with van der Waals surface area (Å²) in [6.07, 6.45) is 4.25. The smallest absolute Gasteiger partial charge is 0.242 e. The second kappa shape index (κ2) is 5.90. The van der Waals surface area contributed by atoms with Crippen LogP contribution in [0.3, 0.4) is 0 Å². The van der Waals surface area contributed by atoms with Crippen molar-refractivity contribution in [2.75, 3.05) is 12.4 Å². The van der Waals surface area contributed by atoms with E-state index in [-0.39, 0.29) is 17.0 Å². The summed E-state index contributed by atoms with van der Waals surface area (Å²) in [5, 5.41) is 3.30. The van der Waals surface area contributed by atoms with E-state index in [0.29, 0.717) is 5.69 Å². The van der Waals surface area contributed by atoms with Crippen LogP contribution in [0.25, 0.3) is 0 Å². The number of hydrogen-bond donors (Lipinski definition) is 3. The van der Waals surface area contributed by atoms with Crippen LogP contribution in [0.15, 0.2) is 29.2 Å². The zero-order valence-electron chi connectivity index (χ0n) is 11.1. The molecular formula is C13H21N3O2S. The Morgan fingerprint density at radius 3 is 2.58 bits per heavy atom. The highest BCUT2D eigenvalue weighted by molar-refractivity contribution is 7.89. The molecule has 1 aliphatic carbocycles. The van der Waals surface area contributed by atoms with Crippen molar-refractivity contribution in [1.29, 1.82) is 0 Å². The Bertz CT molecular complexity index is 530. The summed E-state index contributed by atoms with van der Waals surface area (Å²) >= 11 is 0. The van der Waals surface area contributed by atoms with Gasteiger partial charge in [-0.05, 0) is 32.0 Å². The van der Waals surface area contributed by atoms with E-state index < -0.39 is 10.0 Å². The maximum absolute atomic E-state index is 12.0. The van der Waals surface area contributed by atoms with Gasteiger partial charge >= 0.3 is 0 Å². The van der Waals surface area contributed by atoms with E-state index in [4.69, 9.17) is 5.73 Å². The maximum atomic E-state index is 12.0. The molecule has 0 spiro atoms. The van der Waals surface area contributed by atoms with Crippen LogP contribution < -0.4 is 15.8 Å². The van der Waals surface area contributed by atoms with E-state index in [1.165, 1.54) is 7.05 Å². The molecular weight excluding hydrogens is 262 g/mol. The second-order valence-corrected chi connectivity index (χ2v) is 6.76. The van der Waals surface area contributed by atoms with E-state index in [9.17, 15) is 8.42 Å². The molecule has 4 N–H and O–H groups in total. The van der Waals surface area contributed by atoms with E-state index in [0.717, 1.165) is 25.7 Å². The lowest BCUT2D eigenvalue weighted by molar-refractivity contribution is 0.403. The normalized spacial score (nSPS) is 24.1. The van der Waals surface area contributed by atoms with Crippen molar-refractivity contribution >= 4 is 15.7 Å². The van der Waals surface area contributed by atoms with Gasteiger partial charge in [0, 0.05) is 12.1 Å². The summed E-state index contributed by atoms with van der Waals surface area (Å²) in [7, 11) is -2.04. The molecule has 2 atom stereocenters. The fourth-order valence-electron chi connectivity index (χ4n) is 2.47. The first-order valence-electron chi connectivity index (χ1n) is 6.59. The summed E-state index contributed by atoms with van der Waals surface area (Å²) in [5.74, 6) is 0. The average molecular weight is 283 g/mol. The van der Waals surface area contributed by atoms with Crippen molar-refractivity contribution < 1.29 is 8.42 Å². The number of hydrogen-bond acceptors (Lipinski definition) is 4. The first-order chi connectivity index (χ1) is 9.04. The van der Waals surface area contributed by atoms with Gasteiger partial charge in [0.15, 0.2) is 0 Å². The fraction of sp³-hybridized carbons (Fsp3) is 0.538. The monoisotopic (exact) mass is 283 g/mol. The molecule has 0 radical (unpaired) electrons. The van der Waals surface area contributed by atoms with Crippen LogP contribution in [0.5, 0.6) is 0 Å². The van der Waals surface area contributed by atoms with Gasteiger partial charge in [-0.1, -0.05) is 25.0 Å². The van der Waals surface area contributed by atoms with E-state index in [1.807, 2.05) is 6.07 Å². The van der Waals surface area contributed by atoms with Crippen molar-refractivity contribution in [3.63, 3.8) is 0 Å². The summed E-state index contributed by atoms with van der Waals surface area (Å²) < 4.78 is 26.3. The number of anilines is 1. The largest absolute Gasteiger partial charge is 0.380 e. The number of para-hydroxylation sites is 1. The lowest BCUT2D eigenvalue weighted by Gasteiger charge is -2.30. The Hall–Kier alpha value is -1.11. The molecule has 0 aromatic heterocycles. The molecule has 0 aliphatic heterocycles. The maximum Gasteiger partial charge on any atom is 0.242 e. The van der Waals surface area contributed by atoms with Crippen molar-refractivity contribution in [3.05, 3.63) is 24.3 Å². The Kier molecular flexibility index (Phi) is 4.44. The highest BCUT2D eigenvalue weighted by atomic mass is 32.2. The molecule has 0 amide bonds. The van der Waals surface area contributed by atoms with E-state index in [2.05, 4.69) is 10.0 Å². The minimum atomic E-state index is -3.45. The lowest BCUT2D eigenvalue weighted by atomic mass is 9.91. The van der Waals surface area contributed by atoms with Gasteiger partial charge < -0.3 is 11.1 Å². The van der Waals surface area contributed by atoms with Gasteiger partial charge in [0.05, 0.1) is 5.69 Å². The predicted molar refractivity (Wildman–Crippen MR) is 76.5 cm³/mol. The van der Waals surface area contributed by atoms with E-state index in [1.54, 1.807) is 18.2 Å². The second-order valence-electron chi connectivity index (χ2n) is 4.90. The highest BCUT2D eigenvalue weighted by Gasteiger charge is 2.24. The molecule has 1 aromatic rings. The fourth-order valence-corrected chi connectivity index (χ4v) is 3.36. The predicted octanol–water partition coefficient (Wildman–Crippen LogP) is 1.28. The van der Waals surface area contributed by atoms with Gasteiger partial charge in [-0.2, -0.15) is 0 Å². The lowest BCUT2D eigenvalue weighted by Crippen LogP contribution is -2.42. The zero-order chi connectivity index (χ0) is 13.9. The van der Waals surface area contributed by atoms with Crippen LogP contribution >= 0.6 is 0 Å². The molecule has 0 unspecified atom stereocenters. The summed E-state index contributed by atoms with van der Waals surface area (Å²) in [5.41, 5.74) is 6.72. The standard InChI is InChI=1S/C13H21N3O2S/c1-15-19(17,18)13-9-5-4-8-12(13)16-11-7-3-2-6-10(11)14/h4-5,8-11,15-16H,2-3,6-7,14H2,1H3/t10-,11-/m1/s1. The number of nitrogens with two attached hydrogens (primary N) is 1. The first-order valence-corrected chi connectivity index (χ1v) is 8.07. The molecule has 106 valence electrons. The van der Waals surface area contributed by atoms with Crippen LogP contribution in [-0.2, 0) is 10.0 Å². The molecule has 0 saturated heterocycles. The molecule has 19 heavy (non-hydrogen) atoms. The van der Waals surface area contributed by atoms with Gasteiger partial charge in [-0.3, -0.25) is 0 Å². The Morgan fingerprint density at radius 2 is 1.89 bits per heavy atom. The molecule has 1 fully saturated rings. The number of nitrogens with one attached hydrogen (secondary N) is 2. The molecule has 0 bridgehead atoms. The molecule has 6 heteroatoms. The summed E-state index contributed by atoms with van der Waals surface area (Å²) in [4.78, 5) is 0.273. The molecule has 1 aromatic carbocycles. The zero-order valence-corrected chi connectivity index (χ0v) is 11.9. The molecule has 5 nitrogen and oxygen atoms in total. The van der Waals surface area contributed by atoms with Crippen molar-refractivity contribution in [2.24, 2.45) is 5.73 Å². The van der Waals surface area contributed by atoms with Crippen molar-refractivity contribution in [1.82, 2.24) is 4.72 Å². The molecule has 2 rings (SSSR count). The van der Waals surface area contributed by atoms with Crippen LogP contribution in [0.4, 0.5) is 5.69 Å². The molecule has 1 aliphatic rings. The minimum absolute atomic E-state index is 0.0825. The van der Waals surface area contributed by atoms with Crippen LogP contribution in [0.2, 0.25) is 0 Å². The third-order valence-corrected chi connectivity index (χ3v) is 5.08. The quantitative estimate of drug-likeness (QED) is 0.777. The van der Waals surface area contributed by atoms with Gasteiger partial charge in [-0.15, -0.1) is 0 Å². The van der Waals surface area contributed by atoms with Gasteiger partial charge in [0.2, 0.25) is 10.0 Å². The third kappa shape index (κ3) is 3.26. The van der Waals surface area contributed by atoms with Crippen LogP contribution in [0, 0.1) is 0 Å². The topological polar surface area (TPSA) is 84.2 Å². The van der Waals surface area contributed by atoms with E-state index >= 15 is 0 Å². The Morgan fingerprint density at radius 1 is 1.21 bits per heavy atom. The van der Waals surface area contributed by atoms with Gasteiger partial charge in [-0.25, -0.2) is 13.1 Å². The van der Waals surface area contributed by atoms with Crippen LogP contribution in [-0.4, -0.2) is 27.5 Å². The summed E-state index contributed by atoms with van der Waals surface area (Å²) in [6, 6.07) is 7.15. The van der Waals surface area contributed by atoms with Crippen molar-refractivity contribution in [2.45, 2.75) is 42.7 Å². The minimum Gasteiger partial charge on any atom is -0.380 e. The van der Waals surface area contributed by atoms with Crippen LogP contribution in [0.1, 0.15) is 25.7 Å². The first kappa shape index (κ1) is 14.3. The molecule has 0 heterocycles. The van der Waals surface area contributed by atoms with Crippen molar-refractivity contribution in [3.8, 4) is 0 Å². The van der Waals surface area contributed by atoms with Gasteiger partial charge in [0.25, 0.3) is 0 Å². The SMILES string of the molecule is CNS(=O)(=O)c1ccccc1N[C@@H]1CCCC[C@H]1N. The third-order valence-electron chi connectivity index (χ3n) is 3.61. The number of benzene rings is 1. The molecule has 1 saturated carbocycles. The Labute approximate surface area is 114 Å². The summed E-state index contributed by atoms with van der Waals surface area (Å²) in [6.45, 7) is 0. The average Bonchev–Trinajstić information content (AvgIpc) is 2.42. The number of rotatable bonds is 4. The highest BCUT2D eigenvalue weighted by Crippen LogP contribution is 2.25. The Balaban J connectivity index is 2.25. The number of sulfonamides is 1. The van der Waals surface area contributed by atoms with Gasteiger partial charge in [0.1, 0.15) is 4.90 Å².